The number of aromatic nitrogens is 1. The van der Waals surface area contributed by atoms with E-state index in [0.29, 0.717) is 18.8 Å². The summed E-state index contributed by atoms with van der Waals surface area (Å²) in [6.07, 6.45) is 3.29. The Kier molecular flexibility index (Phi) is 2.50. The van der Waals surface area contributed by atoms with Gasteiger partial charge in [-0.05, 0) is 12.5 Å². The Hall–Kier alpha value is -1.98. The third-order valence-corrected chi connectivity index (χ3v) is 3.56. The maximum atomic E-state index is 11.4. The minimum Gasteiger partial charge on any atom is -0.447 e. The van der Waals surface area contributed by atoms with Crippen LogP contribution in [0.1, 0.15) is 5.56 Å². The second-order valence-corrected chi connectivity index (χ2v) is 4.76. The summed E-state index contributed by atoms with van der Waals surface area (Å²) in [6, 6.07) is 0.137. The first-order chi connectivity index (χ1) is 8.66. The van der Waals surface area contributed by atoms with Crippen molar-refractivity contribution in [3.8, 4) is 0 Å². The van der Waals surface area contributed by atoms with Gasteiger partial charge in [0.15, 0.2) is 0 Å². The van der Waals surface area contributed by atoms with Crippen molar-refractivity contribution in [1.29, 1.82) is 0 Å². The Bertz CT molecular complexity index is 471. The van der Waals surface area contributed by atoms with Crippen LogP contribution < -0.4 is 10.6 Å². The van der Waals surface area contributed by atoms with Crippen LogP contribution in [0.4, 0.5) is 16.2 Å². The maximum absolute atomic E-state index is 11.4. The highest BCUT2D eigenvalue weighted by molar-refractivity contribution is 5.73. The first kappa shape index (κ1) is 11.1. The molecule has 0 aromatic carbocycles. The second-order valence-electron chi connectivity index (χ2n) is 4.76. The lowest BCUT2D eigenvalue weighted by Gasteiger charge is -2.37. The van der Waals surface area contributed by atoms with Crippen LogP contribution in [0.25, 0.3) is 0 Å². The van der Waals surface area contributed by atoms with Gasteiger partial charge in [-0.15, -0.1) is 0 Å². The van der Waals surface area contributed by atoms with Gasteiger partial charge in [0.05, 0.1) is 23.6 Å². The number of anilines is 2. The molecular formula is C12H16N4O2. The molecule has 6 nitrogen and oxygen atoms in total. The van der Waals surface area contributed by atoms with Gasteiger partial charge in [-0.25, -0.2) is 4.79 Å². The average molecular weight is 248 g/mol. The number of carbonyl (C=O) groups excluding carboxylic acids is 1. The third kappa shape index (κ3) is 1.64. The molecule has 2 aliphatic heterocycles. The number of cyclic esters (lactones) is 1. The summed E-state index contributed by atoms with van der Waals surface area (Å²) >= 11 is 0. The van der Waals surface area contributed by atoms with E-state index < -0.39 is 0 Å². The molecule has 3 heterocycles. The number of pyridine rings is 1. The van der Waals surface area contributed by atoms with Crippen molar-refractivity contribution in [2.75, 3.05) is 36.9 Å². The van der Waals surface area contributed by atoms with E-state index in [-0.39, 0.29) is 12.1 Å². The second kappa shape index (κ2) is 4.04. The minimum absolute atomic E-state index is 0.137. The fraction of sp³-hybridized carbons (Fsp3) is 0.500. The van der Waals surface area contributed by atoms with Crippen LogP contribution in [0.2, 0.25) is 0 Å². The highest BCUT2D eigenvalue weighted by Gasteiger charge is 2.37. The quantitative estimate of drug-likeness (QED) is 0.788. The Morgan fingerprint density at radius 1 is 1.44 bits per heavy atom. The van der Waals surface area contributed by atoms with Crippen molar-refractivity contribution in [2.45, 2.75) is 13.0 Å². The fourth-order valence-corrected chi connectivity index (χ4v) is 2.70. The van der Waals surface area contributed by atoms with Crippen LogP contribution >= 0.6 is 0 Å². The van der Waals surface area contributed by atoms with E-state index in [4.69, 9.17) is 10.5 Å². The number of piperazine rings is 1. The molecular weight excluding hydrogens is 232 g/mol. The Morgan fingerprint density at radius 2 is 2.28 bits per heavy atom. The van der Waals surface area contributed by atoms with Crippen LogP contribution in [-0.4, -0.2) is 48.3 Å². The number of hydrogen-bond donors (Lipinski definition) is 1. The smallest absolute Gasteiger partial charge is 0.410 e. The largest absolute Gasteiger partial charge is 0.447 e. The molecule has 1 aromatic rings. The highest BCUT2D eigenvalue weighted by atomic mass is 16.6. The zero-order chi connectivity index (χ0) is 12.7. The number of carbonyl (C=O) groups is 1. The normalized spacial score (nSPS) is 22.9. The van der Waals surface area contributed by atoms with Crippen molar-refractivity contribution in [3.63, 3.8) is 0 Å². The van der Waals surface area contributed by atoms with E-state index in [1.54, 1.807) is 11.1 Å². The van der Waals surface area contributed by atoms with Crippen LogP contribution in [0.5, 0.6) is 0 Å². The van der Waals surface area contributed by atoms with E-state index in [2.05, 4.69) is 9.88 Å². The van der Waals surface area contributed by atoms with Crippen LogP contribution in [0.15, 0.2) is 12.4 Å². The van der Waals surface area contributed by atoms with E-state index in [9.17, 15) is 4.79 Å². The molecule has 0 saturated carbocycles. The molecule has 6 heteroatoms. The monoisotopic (exact) mass is 248 g/mol. The van der Waals surface area contributed by atoms with Crippen molar-refractivity contribution >= 4 is 17.5 Å². The summed E-state index contributed by atoms with van der Waals surface area (Å²) in [7, 11) is 0. The molecule has 96 valence electrons. The average Bonchev–Trinajstić information content (AvgIpc) is 2.71. The number of nitrogens with two attached hydrogens (primary N) is 1. The molecule has 0 radical (unpaired) electrons. The Balaban J connectivity index is 1.85. The fourth-order valence-electron chi connectivity index (χ4n) is 2.70. The molecule has 0 bridgehead atoms. The lowest BCUT2D eigenvalue weighted by atomic mass is 10.1. The summed E-state index contributed by atoms with van der Waals surface area (Å²) in [5, 5.41) is 0. The number of aryl methyl sites for hydroxylation is 1. The van der Waals surface area contributed by atoms with Crippen molar-refractivity contribution in [3.05, 3.63) is 18.0 Å². The van der Waals surface area contributed by atoms with E-state index in [1.165, 1.54) is 0 Å². The molecule has 3 rings (SSSR count). The van der Waals surface area contributed by atoms with Gasteiger partial charge in [0, 0.05) is 25.8 Å². The first-order valence-electron chi connectivity index (χ1n) is 6.05. The molecule has 0 spiro atoms. The summed E-state index contributed by atoms with van der Waals surface area (Å²) in [4.78, 5) is 19.5. The first-order valence-corrected chi connectivity index (χ1v) is 6.05. The number of amides is 1. The number of fused-ring (bicyclic) bond motifs is 1. The molecule has 1 atom stereocenters. The van der Waals surface area contributed by atoms with E-state index in [1.807, 2.05) is 13.1 Å². The highest BCUT2D eigenvalue weighted by Crippen LogP contribution is 2.29. The summed E-state index contributed by atoms with van der Waals surface area (Å²) in [5.41, 5.74) is 8.78. The van der Waals surface area contributed by atoms with Crippen molar-refractivity contribution in [2.24, 2.45) is 0 Å². The SMILES string of the molecule is Cc1cncc(N)c1N1CCN2C(=O)OC[C@H]2C1. The topological polar surface area (TPSA) is 71.7 Å². The summed E-state index contributed by atoms with van der Waals surface area (Å²) in [5.74, 6) is 0. The number of rotatable bonds is 1. The van der Waals surface area contributed by atoms with E-state index in [0.717, 1.165) is 24.3 Å². The zero-order valence-corrected chi connectivity index (χ0v) is 10.3. The Labute approximate surface area is 105 Å². The lowest BCUT2D eigenvalue weighted by molar-refractivity contribution is 0.157. The van der Waals surface area contributed by atoms with Crippen LogP contribution in [0.3, 0.4) is 0 Å². The van der Waals surface area contributed by atoms with Crippen molar-refractivity contribution in [1.82, 2.24) is 9.88 Å². The van der Waals surface area contributed by atoms with Gasteiger partial charge in [-0.1, -0.05) is 0 Å². The van der Waals surface area contributed by atoms with Crippen molar-refractivity contribution < 1.29 is 9.53 Å². The summed E-state index contributed by atoms with van der Waals surface area (Å²) < 4.78 is 5.06. The molecule has 2 N–H and O–H groups in total. The predicted molar refractivity (Wildman–Crippen MR) is 67.4 cm³/mol. The number of nitrogens with zero attached hydrogens (tertiary/aromatic N) is 3. The van der Waals surface area contributed by atoms with Gasteiger partial charge in [0.25, 0.3) is 0 Å². The lowest BCUT2D eigenvalue weighted by Crippen LogP contribution is -2.52. The maximum Gasteiger partial charge on any atom is 0.410 e. The molecule has 0 aliphatic carbocycles. The van der Waals surface area contributed by atoms with Gasteiger partial charge in [-0.2, -0.15) is 0 Å². The standard InChI is InChI=1S/C12H16N4O2/c1-8-4-14-5-10(13)11(8)15-2-3-16-9(6-15)7-18-12(16)17/h4-5,9H,2-3,6-7,13H2,1H3/t9-/m1/s1. The van der Waals surface area contributed by atoms with Gasteiger partial charge in [-0.3, -0.25) is 9.88 Å². The summed E-state index contributed by atoms with van der Waals surface area (Å²) in [6.45, 7) is 4.70. The Morgan fingerprint density at radius 3 is 3.06 bits per heavy atom. The predicted octanol–water partition coefficient (Wildman–Crippen LogP) is 0.613. The van der Waals surface area contributed by atoms with Gasteiger partial charge in [0.1, 0.15) is 6.61 Å². The molecule has 2 fully saturated rings. The van der Waals surface area contributed by atoms with Gasteiger partial charge in [0.2, 0.25) is 0 Å². The molecule has 1 aromatic heterocycles. The molecule has 2 saturated heterocycles. The third-order valence-electron chi connectivity index (χ3n) is 3.56. The molecule has 18 heavy (non-hydrogen) atoms. The molecule has 0 unspecified atom stereocenters. The number of ether oxygens (including phenoxy) is 1. The van der Waals surface area contributed by atoms with E-state index >= 15 is 0 Å². The van der Waals surface area contributed by atoms with Crippen LogP contribution in [0, 0.1) is 6.92 Å². The van der Waals surface area contributed by atoms with Gasteiger partial charge >= 0.3 is 6.09 Å². The van der Waals surface area contributed by atoms with Crippen LogP contribution in [-0.2, 0) is 4.74 Å². The number of hydrogen-bond acceptors (Lipinski definition) is 5. The molecule has 2 aliphatic rings. The molecule has 1 amide bonds. The van der Waals surface area contributed by atoms with Gasteiger partial charge < -0.3 is 15.4 Å². The minimum atomic E-state index is -0.195. The zero-order valence-electron chi connectivity index (χ0n) is 10.3. The number of nitrogen functional groups attached to an aromatic ring is 1.